The van der Waals surface area contributed by atoms with Crippen molar-refractivity contribution in [3.63, 3.8) is 0 Å². The molecular weight excluding hydrogens is 282 g/mol. The average Bonchev–Trinajstić information content (AvgIpc) is 2.82. The minimum absolute atomic E-state index is 0.0683. The molecule has 0 spiro atoms. The minimum Gasteiger partial charge on any atom is -0.336 e. The van der Waals surface area contributed by atoms with Gasteiger partial charge in [0.15, 0.2) is 0 Å². The number of carbonyl (C=O) groups is 1. The first kappa shape index (κ1) is 16.2. The van der Waals surface area contributed by atoms with Crippen LogP contribution in [0.15, 0.2) is 29.2 Å². The summed E-state index contributed by atoms with van der Waals surface area (Å²) in [6, 6.07) is 8.68. The largest absolute Gasteiger partial charge is 0.336 e. The SMILES string of the molecule is CC(C)(C)NCc1cccc(SCCN2CCNC2=O)c1. The molecule has 0 bridgehead atoms. The highest BCUT2D eigenvalue weighted by molar-refractivity contribution is 7.99. The van der Waals surface area contributed by atoms with E-state index < -0.39 is 0 Å². The molecule has 0 radical (unpaired) electrons. The summed E-state index contributed by atoms with van der Waals surface area (Å²) in [5.41, 5.74) is 1.43. The second-order valence-corrected chi connectivity index (χ2v) is 7.49. The number of nitrogens with zero attached hydrogens (tertiary/aromatic N) is 1. The molecule has 1 aliphatic heterocycles. The number of hydrogen-bond acceptors (Lipinski definition) is 3. The van der Waals surface area contributed by atoms with Crippen LogP contribution in [-0.2, 0) is 6.54 Å². The van der Waals surface area contributed by atoms with Crippen LogP contribution in [0.3, 0.4) is 0 Å². The second-order valence-electron chi connectivity index (χ2n) is 6.32. The smallest absolute Gasteiger partial charge is 0.317 e. The third-order valence-corrected chi connectivity index (χ3v) is 4.27. The molecule has 2 rings (SSSR count). The summed E-state index contributed by atoms with van der Waals surface area (Å²) in [6.07, 6.45) is 0. The molecule has 0 saturated carbocycles. The number of amides is 2. The summed E-state index contributed by atoms with van der Waals surface area (Å²) in [4.78, 5) is 14.6. The standard InChI is InChI=1S/C16H25N3OS/c1-16(2,3)18-12-13-5-4-6-14(11-13)21-10-9-19-8-7-17-15(19)20/h4-6,11,18H,7-10,12H2,1-3H3,(H,17,20). The highest BCUT2D eigenvalue weighted by Crippen LogP contribution is 2.20. The van der Waals surface area contributed by atoms with Crippen molar-refractivity contribution in [3.05, 3.63) is 29.8 Å². The van der Waals surface area contributed by atoms with Gasteiger partial charge in [-0.25, -0.2) is 4.79 Å². The molecule has 1 aromatic rings. The number of nitrogens with one attached hydrogen (secondary N) is 2. The zero-order valence-corrected chi connectivity index (χ0v) is 13.9. The average molecular weight is 307 g/mol. The lowest BCUT2D eigenvalue weighted by molar-refractivity contribution is 0.220. The van der Waals surface area contributed by atoms with Crippen molar-refractivity contribution < 1.29 is 4.79 Å². The van der Waals surface area contributed by atoms with Gasteiger partial charge in [0.2, 0.25) is 0 Å². The van der Waals surface area contributed by atoms with Gasteiger partial charge in [0.25, 0.3) is 0 Å². The Morgan fingerprint density at radius 2 is 2.19 bits per heavy atom. The molecule has 21 heavy (non-hydrogen) atoms. The van der Waals surface area contributed by atoms with Crippen LogP contribution in [0.1, 0.15) is 26.3 Å². The van der Waals surface area contributed by atoms with Crippen LogP contribution in [0.25, 0.3) is 0 Å². The van der Waals surface area contributed by atoms with Crippen LogP contribution < -0.4 is 10.6 Å². The van der Waals surface area contributed by atoms with E-state index in [9.17, 15) is 4.79 Å². The lowest BCUT2D eigenvalue weighted by Crippen LogP contribution is -2.35. The minimum atomic E-state index is 0.0683. The summed E-state index contributed by atoms with van der Waals surface area (Å²) in [7, 11) is 0. The summed E-state index contributed by atoms with van der Waals surface area (Å²) in [5, 5.41) is 6.33. The fourth-order valence-electron chi connectivity index (χ4n) is 2.11. The van der Waals surface area contributed by atoms with Crippen LogP contribution in [0.5, 0.6) is 0 Å². The molecule has 0 aliphatic carbocycles. The van der Waals surface area contributed by atoms with Gasteiger partial charge >= 0.3 is 6.03 Å². The zero-order chi connectivity index (χ0) is 15.3. The van der Waals surface area contributed by atoms with Crippen LogP contribution in [0, 0.1) is 0 Å². The molecular formula is C16H25N3OS. The Bertz CT molecular complexity index is 485. The third kappa shape index (κ3) is 5.59. The molecule has 0 unspecified atom stereocenters. The van der Waals surface area contributed by atoms with Gasteiger partial charge < -0.3 is 15.5 Å². The molecule has 2 amide bonds. The number of hydrogen-bond donors (Lipinski definition) is 2. The molecule has 116 valence electrons. The van der Waals surface area contributed by atoms with Crippen molar-refractivity contribution in [2.75, 3.05) is 25.4 Å². The summed E-state index contributed by atoms with van der Waals surface area (Å²) >= 11 is 1.81. The number of benzene rings is 1. The van der Waals surface area contributed by atoms with Gasteiger partial charge in [-0.05, 0) is 38.5 Å². The number of urea groups is 1. The van der Waals surface area contributed by atoms with Crippen molar-refractivity contribution in [1.82, 2.24) is 15.5 Å². The maximum absolute atomic E-state index is 11.4. The Balaban J connectivity index is 1.79. The van der Waals surface area contributed by atoms with Gasteiger partial charge in [0.1, 0.15) is 0 Å². The van der Waals surface area contributed by atoms with Gasteiger partial charge in [0, 0.05) is 42.4 Å². The quantitative estimate of drug-likeness (QED) is 0.794. The van der Waals surface area contributed by atoms with Gasteiger partial charge in [0.05, 0.1) is 0 Å². The van der Waals surface area contributed by atoms with Crippen molar-refractivity contribution in [3.8, 4) is 0 Å². The monoisotopic (exact) mass is 307 g/mol. The Morgan fingerprint density at radius 3 is 2.86 bits per heavy atom. The maximum atomic E-state index is 11.4. The highest BCUT2D eigenvalue weighted by Gasteiger charge is 2.18. The summed E-state index contributed by atoms with van der Waals surface area (Å²) in [5.74, 6) is 0.934. The first-order valence-electron chi connectivity index (χ1n) is 7.44. The van der Waals surface area contributed by atoms with E-state index in [1.54, 1.807) is 0 Å². The van der Waals surface area contributed by atoms with E-state index in [2.05, 4.69) is 55.7 Å². The first-order valence-corrected chi connectivity index (χ1v) is 8.42. The van der Waals surface area contributed by atoms with Gasteiger partial charge in [-0.2, -0.15) is 0 Å². The molecule has 5 heteroatoms. The van der Waals surface area contributed by atoms with Crippen LogP contribution in [-0.4, -0.2) is 41.9 Å². The predicted molar refractivity (Wildman–Crippen MR) is 88.7 cm³/mol. The Morgan fingerprint density at radius 1 is 1.38 bits per heavy atom. The van der Waals surface area contributed by atoms with E-state index in [0.29, 0.717) is 0 Å². The van der Waals surface area contributed by atoms with E-state index in [4.69, 9.17) is 0 Å². The van der Waals surface area contributed by atoms with Gasteiger partial charge in [-0.15, -0.1) is 11.8 Å². The molecule has 1 heterocycles. The Hall–Kier alpha value is -1.20. The lowest BCUT2D eigenvalue weighted by atomic mass is 10.1. The van der Waals surface area contributed by atoms with E-state index in [-0.39, 0.29) is 11.6 Å². The third-order valence-electron chi connectivity index (χ3n) is 3.30. The van der Waals surface area contributed by atoms with Gasteiger partial charge in [-0.3, -0.25) is 0 Å². The molecule has 1 aliphatic rings. The zero-order valence-electron chi connectivity index (χ0n) is 13.1. The van der Waals surface area contributed by atoms with E-state index >= 15 is 0 Å². The normalized spacial score (nSPS) is 15.4. The van der Waals surface area contributed by atoms with Crippen molar-refractivity contribution >= 4 is 17.8 Å². The van der Waals surface area contributed by atoms with E-state index in [1.165, 1.54) is 10.5 Å². The fourth-order valence-corrected chi connectivity index (χ4v) is 3.07. The van der Waals surface area contributed by atoms with Crippen LogP contribution in [0.4, 0.5) is 4.79 Å². The molecule has 1 aromatic carbocycles. The van der Waals surface area contributed by atoms with Crippen molar-refractivity contribution in [2.45, 2.75) is 37.8 Å². The van der Waals surface area contributed by atoms with Gasteiger partial charge in [-0.1, -0.05) is 12.1 Å². The van der Waals surface area contributed by atoms with Crippen molar-refractivity contribution in [1.29, 1.82) is 0 Å². The molecule has 1 fully saturated rings. The highest BCUT2D eigenvalue weighted by atomic mass is 32.2. The molecule has 0 aromatic heterocycles. The molecule has 0 atom stereocenters. The fraction of sp³-hybridized carbons (Fsp3) is 0.562. The van der Waals surface area contributed by atoms with Crippen molar-refractivity contribution in [2.24, 2.45) is 0 Å². The number of thioether (sulfide) groups is 1. The lowest BCUT2D eigenvalue weighted by Gasteiger charge is -2.20. The molecule has 1 saturated heterocycles. The number of carbonyl (C=O) groups excluding carboxylic acids is 1. The number of rotatable bonds is 6. The second kappa shape index (κ2) is 7.18. The first-order chi connectivity index (χ1) is 9.94. The molecule has 2 N–H and O–H groups in total. The predicted octanol–water partition coefficient (Wildman–Crippen LogP) is 2.69. The maximum Gasteiger partial charge on any atom is 0.317 e. The van der Waals surface area contributed by atoms with E-state index in [0.717, 1.165) is 31.9 Å². The summed E-state index contributed by atoms with van der Waals surface area (Å²) in [6.45, 7) is 9.81. The van der Waals surface area contributed by atoms with Crippen LogP contribution in [0.2, 0.25) is 0 Å². The Labute approximate surface area is 131 Å². The van der Waals surface area contributed by atoms with E-state index in [1.807, 2.05) is 16.7 Å². The molecule has 4 nitrogen and oxygen atoms in total. The van der Waals surface area contributed by atoms with Crippen LogP contribution >= 0.6 is 11.8 Å². The summed E-state index contributed by atoms with van der Waals surface area (Å²) < 4.78 is 0. The Kier molecular flexibility index (Phi) is 5.53. The topological polar surface area (TPSA) is 44.4 Å².